The Labute approximate surface area is 173 Å². The summed E-state index contributed by atoms with van der Waals surface area (Å²) in [6.45, 7) is 3.63. The van der Waals surface area contributed by atoms with Gasteiger partial charge in [-0.25, -0.2) is 4.79 Å². The molecule has 2 aromatic rings. The highest BCUT2D eigenvalue weighted by Crippen LogP contribution is 2.29. The molecular formula is C22H22O8. The van der Waals surface area contributed by atoms with Crippen LogP contribution in [0, 0.1) is 0 Å². The van der Waals surface area contributed by atoms with Crippen LogP contribution in [0.3, 0.4) is 0 Å². The first kappa shape index (κ1) is 22.6. The molecule has 8 heteroatoms. The van der Waals surface area contributed by atoms with E-state index in [9.17, 15) is 19.2 Å². The Morgan fingerprint density at radius 2 is 1.40 bits per heavy atom. The molecule has 8 nitrogen and oxygen atoms in total. The molecule has 0 N–H and O–H groups in total. The summed E-state index contributed by atoms with van der Waals surface area (Å²) in [4.78, 5) is 46.5. The van der Waals surface area contributed by atoms with E-state index < -0.39 is 30.0 Å². The second-order valence-corrected chi connectivity index (χ2v) is 6.36. The standard InChI is InChI=1S/C22H22O8/c1-14(23)28-19-10-9-18(11-20(19)29-15(2)24)12-21(30-16(3)25)22(26)27-13-17-7-5-4-6-8-17/h4-11,21H,12-13H2,1-3H3. The molecule has 0 radical (unpaired) electrons. The molecule has 0 fully saturated rings. The van der Waals surface area contributed by atoms with E-state index >= 15 is 0 Å². The third-order valence-electron chi connectivity index (χ3n) is 3.73. The molecule has 0 heterocycles. The van der Waals surface area contributed by atoms with E-state index in [-0.39, 0.29) is 24.5 Å². The van der Waals surface area contributed by atoms with Crippen LogP contribution in [-0.2, 0) is 41.7 Å². The summed E-state index contributed by atoms with van der Waals surface area (Å²) >= 11 is 0. The Balaban J connectivity index is 2.17. The van der Waals surface area contributed by atoms with Crippen LogP contribution in [0.5, 0.6) is 11.5 Å². The maximum absolute atomic E-state index is 12.5. The van der Waals surface area contributed by atoms with Gasteiger partial charge in [-0.15, -0.1) is 0 Å². The first-order valence-corrected chi connectivity index (χ1v) is 9.12. The number of rotatable bonds is 8. The highest BCUT2D eigenvalue weighted by Gasteiger charge is 2.25. The lowest BCUT2D eigenvalue weighted by Gasteiger charge is -2.17. The van der Waals surface area contributed by atoms with Gasteiger partial charge in [-0.3, -0.25) is 14.4 Å². The van der Waals surface area contributed by atoms with Crippen molar-refractivity contribution in [3.63, 3.8) is 0 Å². The minimum absolute atomic E-state index is 0.00873. The predicted octanol–water partition coefficient (Wildman–Crippen LogP) is 2.75. The predicted molar refractivity (Wildman–Crippen MR) is 105 cm³/mol. The Kier molecular flexibility index (Phi) is 8.10. The fourth-order valence-electron chi connectivity index (χ4n) is 2.56. The summed E-state index contributed by atoms with van der Waals surface area (Å²) in [5, 5.41) is 0. The summed E-state index contributed by atoms with van der Waals surface area (Å²) in [5.74, 6) is -2.50. The molecule has 1 unspecified atom stereocenters. The van der Waals surface area contributed by atoms with E-state index in [4.69, 9.17) is 18.9 Å². The van der Waals surface area contributed by atoms with Crippen LogP contribution in [-0.4, -0.2) is 30.0 Å². The molecule has 0 aliphatic carbocycles. The quantitative estimate of drug-likeness (QED) is 0.480. The lowest BCUT2D eigenvalue weighted by molar-refractivity contribution is -0.167. The van der Waals surface area contributed by atoms with Crippen molar-refractivity contribution in [3.8, 4) is 11.5 Å². The van der Waals surface area contributed by atoms with Crippen molar-refractivity contribution < 1.29 is 38.1 Å². The van der Waals surface area contributed by atoms with Crippen molar-refractivity contribution in [2.75, 3.05) is 0 Å². The van der Waals surface area contributed by atoms with E-state index in [1.165, 1.54) is 32.9 Å². The van der Waals surface area contributed by atoms with Crippen LogP contribution in [0.25, 0.3) is 0 Å². The number of benzene rings is 2. The second-order valence-electron chi connectivity index (χ2n) is 6.36. The zero-order valence-corrected chi connectivity index (χ0v) is 16.9. The van der Waals surface area contributed by atoms with Crippen molar-refractivity contribution in [2.45, 2.75) is 39.9 Å². The molecule has 0 spiro atoms. The van der Waals surface area contributed by atoms with E-state index in [0.717, 1.165) is 5.56 Å². The van der Waals surface area contributed by atoms with Crippen molar-refractivity contribution in [1.82, 2.24) is 0 Å². The Morgan fingerprint density at radius 1 is 0.767 bits per heavy atom. The average molecular weight is 414 g/mol. The SMILES string of the molecule is CC(=O)Oc1ccc(CC(OC(C)=O)C(=O)OCc2ccccc2)cc1OC(C)=O. The van der Waals surface area contributed by atoms with Crippen LogP contribution in [0.2, 0.25) is 0 Å². The lowest BCUT2D eigenvalue weighted by Crippen LogP contribution is -2.30. The van der Waals surface area contributed by atoms with E-state index in [2.05, 4.69) is 0 Å². The number of hydrogen-bond donors (Lipinski definition) is 0. The minimum Gasteiger partial charge on any atom is -0.458 e. The Bertz CT molecular complexity index is 920. The summed E-state index contributed by atoms with van der Waals surface area (Å²) < 4.78 is 20.5. The van der Waals surface area contributed by atoms with Gasteiger partial charge in [0.2, 0.25) is 6.10 Å². The zero-order valence-electron chi connectivity index (χ0n) is 16.9. The van der Waals surface area contributed by atoms with Crippen molar-refractivity contribution in [1.29, 1.82) is 0 Å². The maximum Gasteiger partial charge on any atom is 0.348 e. The van der Waals surface area contributed by atoms with Crippen LogP contribution in [0.15, 0.2) is 48.5 Å². The summed E-state index contributed by atoms with van der Waals surface area (Å²) in [5.41, 5.74) is 1.29. The van der Waals surface area contributed by atoms with Crippen LogP contribution in [0.1, 0.15) is 31.9 Å². The fourth-order valence-corrected chi connectivity index (χ4v) is 2.56. The van der Waals surface area contributed by atoms with Gasteiger partial charge in [-0.2, -0.15) is 0 Å². The van der Waals surface area contributed by atoms with E-state index in [1.54, 1.807) is 18.2 Å². The molecule has 0 aliphatic heterocycles. The number of esters is 4. The summed E-state index contributed by atoms with van der Waals surface area (Å²) in [6, 6.07) is 13.5. The van der Waals surface area contributed by atoms with Crippen molar-refractivity contribution in [3.05, 3.63) is 59.7 Å². The fraction of sp³-hybridized carbons (Fsp3) is 0.273. The van der Waals surface area contributed by atoms with Crippen molar-refractivity contribution >= 4 is 23.9 Å². The van der Waals surface area contributed by atoms with Crippen LogP contribution < -0.4 is 9.47 Å². The molecule has 0 bridgehead atoms. The van der Waals surface area contributed by atoms with E-state index in [0.29, 0.717) is 5.56 Å². The van der Waals surface area contributed by atoms with Gasteiger partial charge in [0.25, 0.3) is 0 Å². The number of hydrogen-bond acceptors (Lipinski definition) is 8. The van der Waals surface area contributed by atoms with Gasteiger partial charge in [-0.05, 0) is 23.3 Å². The largest absolute Gasteiger partial charge is 0.458 e. The smallest absolute Gasteiger partial charge is 0.348 e. The minimum atomic E-state index is -1.20. The third-order valence-corrected chi connectivity index (χ3v) is 3.73. The van der Waals surface area contributed by atoms with Gasteiger partial charge in [-0.1, -0.05) is 36.4 Å². The second kappa shape index (κ2) is 10.8. The normalized spacial score (nSPS) is 11.2. The summed E-state index contributed by atoms with van der Waals surface area (Å²) in [6.07, 6.45) is -1.22. The lowest BCUT2D eigenvalue weighted by atomic mass is 10.1. The molecule has 30 heavy (non-hydrogen) atoms. The zero-order chi connectivity index (χ0) is 22.1. The monoisotopic (exact) mass is 414 g/mol. The van der Waals surface area contributed by atoms with Gasteiger partial charge in [0, 0.05) is 27.2 Å². The molecule has 0 aliphatic rings. The van der Waals surface area contributed by atoms with Crippen LogP contribution in [0.4, 0.5) is 0 Å². The maximum atomic E-state index is 12.5. The van der Waals surface area contributed by atoms with Gasteiger partial charge < -0.3 is 18.9 Å². The van der Waals surface area contributed by atoms with Crippen molar-refractivity contribution in [2.24, 2.45) is 0 Å². The first-order valence-electron chi connectivity index (χ1n) is 9.12. The Morgan fingerprint density at radius 3 is 2.00 bits per heavy atom. The highest BCUT2D eigenvalue weighted by atomic mass is 16.6. The van der Waals surface area contributed by atoms with Gasteiger partial charge in [0.05, 0.1) is 0 Å². The number of carbonyl (C=O) groups is 4. The molecule has 2 rings (SSSR count). The third kappa shape index (κ3) is 7.38. The topological polar surface area (TPSA) is 105 Å². The molecular weight excluding hydrogens is 392 g/mol. The molecule has 0 amide bonds. The van der Waals surface area contributed by atoms with E-state index in [1.807, 2.05) is 18.2 Å². The average Bonchev–Trinajstić information content (AvgIpc) is 2.67. The molecule has 0 aromatic heterocycles. The highest BCUT2D eigenvalue weighted by molar-refractivity contribution is 5.79. The van der Waals surface area contributed by atoms with Crippen LogP contribution >= 0.6 is 0 Å². The molecule has 1 atom stereocenters. The molecule has 0 saturated heterocycles. The molecule has 0 saturated carbocycles. The number of carbonyl (C=O) groups excluding carboxylic acids is 4. The Hall–Kier alpha value is -3.68. The first-order chi connectivity index (χ1) is 14.2. The summed E-state index contributed by atoms with van der Waals surface area (Å²) in [7, 11) is 0. The molecule has 2 aromatic carbocycles. The number of ether oxygens (including phenoxy) is 4. The molecule has 158 valence electrons. The van der Waals surface area contributed by atoms with Gasteiger partial charge in [0.1, 0.15) is 6.61 Å². The van der Waals surface area contributed by atoms with Gasteiger partial charge >= 0.3 is 23.9 Å². The van der Waals surface area contributed by atoms with Gasteiger partial charge in [0.15, 0.2) is 11.5 Å².